The van der Waals surface area contributed by atoms with E-state index in [1.807, 2.05) is 6.92 Å². The number of nitrogens with one attached hydrogen (secondary N) is 3. The second-order valence-corrected chi connectivity index (χ2v) is 5.28. The van der Waals surface area contributed by atoms with Crippen LogP contribution in [0.15, 0.2) is 0 Å². The van der Waals surface area contributed by atoms with Crippen molar-refractivity contribution < 1.29 is 14.3 Å². The molecule has 0 aromatic carbocycles. The zero-order valence-corrected chi connectivity index (χ0v) is 10.8. The Morgan fingerprint density at radius 2 is 2.06 bits per heavy atom. The van der Waals surface area contributed by atoms with Gasteiger partial charge >= 0.3 is 0 Å². The van der Waals surface area contributed by atoms with Crippen LogP contribution in [0.4, 0.5) is 0 Å². The highest BCUT2D eigenvalue weighted by molar-refractivity contribution is 5.79. The van der Waals surface area contributed by atoms with Crippen LogP contribution < -0.4 is 16.0 Å². The fraction of sp³-hybridized carbons (Fsp3) is 0.833. The van der Waals surface area contributed by atoms with Gasteiger partial charge in [-0.3, -0.25) is 9.59 Å². The molecule has 1 heterocycles. The standard InChI is InChI=1S/C12H21N3O3/c1-12(7-13-8-12)18-6-11(17)14-5-4-10(16)15-9-2-3-9/h9,13H,2-8H2,1H3,(H,14,17)(H,15,16). The topological polar surface area (TPSA) is 79.5 Å². The third kappa shape index (κ3) is 4.27. The van der Waals surface area contributed by atoms with Gasteiger partial charge in [0.25, 0.3) is 0 Å². The van der Waals surface area contributed by atoms with Crippen LogP contribution in [0.5, 0.6) is 0 Å². The van der Waals surface area contributed by atoms with Gasteiger partial charge in [-0.15, -0.1) is 0 Å². The maximum atomic E-state index is 11.5. The minimum atomic E-state index is -0.208. The number of hydrogen-bond donors (Lipinski definition) is 3. The molecule has 3 N–H and O–H groups in total. The lowest BCUT2D eigenvalue weighted by Gasteiger charge is -2.38. The van der Waals surface area contributed by atoms with E-state index in [0.717, 1.165) is 25.9 Å². The summed E-state index contributed by atoms with van der Waals surface area (Å²) in [7, 11) is 0. The quantitative estimate of drug-likeness (QED) is 0.553. The van der Waals surface area contributed by atoms with Crippen LogP contribution in [0.2, 0.25) is 0 Å². The summed E-state index contributed by atoms with van der Waals surface area (Å²) in [6.45, 7) is 3.96. The van der Waals surface area contributed by atoms with E-state index in [4.69, 9.17) is 4.74 Å². The van der Waals surface area contributed by atoms with E-state index in [9.17, 15) is 9.59 Å². The highest BCUT2D eigenvalue weighted by Crippen LogP contribution is 2.18. The molecule has 2 rings (SSSR count). The molecule has 0 radical (unpaired) electrons. The summed E-state index contributed by atoms with van der Waals surface area (Å²) in [6, 6.07) is 0.377. The first-order chi connectivity index (χ1) is 8.57. The lowest BCUT2D eigenvalue weighted by molar-refractivity contribution is -0.135. The molecule has 2 amide bonds. The predicted octanol–water partition coefficient (Wildman–Crippen LogP) is -0.850. The van der Waals surface area contributed by atoms with Crippen LogP contribution in [0.25, 0.3) is 0 Å². The number of hydrogen-bond acceptors (Lipinski definition) is 4. The highest BCUT2D eigenvalue weighted by Gasteiger charge is 2.32. The molecule has 18 heavy (non-hydrogen) atoms. The van der Waals surface area contributed by atoms with Crippen LogP contribution in [0.3, 0.4) is 0 Å². The summed E-state index contributed by atoms with van der Waals surface area (Å²) in [5.41, 5.74) is -0.208. The van der Waals surface area contributed by atoms with Gasteiger partial charge in [-0.1, -0.05) is 0 Å². The van der Waals surface area contributed by atoms with E-state index in [-0.39, 0.29) is 24.0 Å². The van der Waals surface area contributed by atoms with Crippen molar-refractivity contribution in [1.82, 2.24) is 16.0 Å². The van der Waals surface area contributed by atoms with Crippen molar-refractivity contribution in [3.8, 4) is 0 Å². The normalized spacial score (nSPS) is 20.9. The number of amides is 2. The van der Waals surface area contributed by atoms with Crippen LogP contribution in [-0.4, -0.2) is 49.7 Å². The largest absolute Gasteiger partial charge is 0.363 e. The van der Waals surface area contributed by atoms with Crippen LogP contribution >= 0.6 is 0 Å². The molecule has 2 aliphatic rings. The molecule has 0 atom stereocenters. The van der Waals surface area contributed by atoms with E-state index in [2.05, 4.69) is 16.0 Å². The van der Waals surface area contributed by atoms with Crippen molar-refractivity contribution in [2.45, 2.75) is 37.8 Å². The lowest BCUT2D eigenvalue weighted by atomic mass is 10.0. The third-order valence-electron chi connectivity index (χ3n) is 3.17. The fourth-order valence-corrected chi connectivity index (χ4v) is 1.71. The van der Waals surface area contributed by atoms with E-state index in [1.165, 1.54) is 0 Å². The molecule has 102 valence electrons. The molecule has 0 aromatic heterocycles. The second kappa shape index (κ2) is 5.67. The van der Waals surface area contributed by atoms with Gasteiger partial charge in [0.05, 0.1) is 5.60 Å². The van der Waals surface area contributed by atoms with Crippen LogP contribution in [0.1, 0.15) is 26.2 Å². The highest BCUT2D eigenvalue weighted by atomic mass is 16.5. The number of rotatable bonds is 7. The van der Waals surface area contributed by atoms with Gasteiger partial charge in [-0.2, -0.15) is 0 Å². The van der Waals surface area contributed by atoms with Crippen molar-refractivity contribution in [3.05, 3.63) is 0 Å². The monoisotopic (exact) mass is 255 g/mol. The summed E-state index contributed by atoms with van der Waals surface area (Å²) in [5, 5.41) is 8.65. The summed E-state index contributed by atoms with van der Waals surface area (Å²) >= 11 is 0. The van der Waals surface area contributed by atoms with Gasteiger partial charge in [0.2, 0.25) is 11.8 Å². The van der Waals surface area contributed by atoms with E-state index >= 15 is 0 Å². The molecule has 6 heteroatoms. The Balaban J connectivity index is 1.49. The van der Waals surface area contributed by atoms with Crippen molar-refractivity contribution >= 4 is 11.8 Å². The molecule has 0 spiro atoms. The molecule has 1 aliphatic carbocycles. The minimum Gasteiger partial charge on any atom is -0.363 e. The molecule has 1 saturated heterocycles. The first kappa shape index (κ1) is 13.3. The molecule has 1 aliphatic heterocycles. The fourth-order valence-electron chi connectivity index (χ4n) is 1.71. The van der Waals surface area contributed by atoms with Crippen molar-refractivity contribution in [3.63, 3.8) is 0 Å². The smallest absolute Gasteiger partial charge is 0.246 e. The van der Waals surface area contributed by atoms with Gasteiger partial charge < -0.3 is 20.7 Å². The Bertz CT molecular complexity index is 325. The Kier molecular flexibility index (Phi) is 4.19. The van der Waals surface area contributed by atoms with Gasteiger partial charge in [0.15, 0.2) is 0 Å². The average Bonchev–Trinajstić information content (AvgIpc) is 3.07. The van der Waals surface area contributed by atoms with Crippen LogP contribution in [-0.2, 0) is 14.3 Å². The Morgan fingerprint density at radius 3 is 2.61 bits per heavy atom. The molecule has 0 bridgehead atoms. The Hall–Kier alpha value is -1.14. The second-order valence-electron chi connectivity index (χ2n) is 5.28. The number of carbonyl (C=O) groups is 2. The summed E-state index contributed by atoms with van der Waals surface area (Å²) in [6.07, 6.45) is 2.50. The van der Waals surface area contributed by atoms with Crippen molar-refractivity contribution in [2.75, 3.05) is 26.2 Å². The van der Waals surface area contributed by atoms with Gasteiger partial charge in [0, 0.05) is 32.1 Å². The predicted molar refractivity (Wildman–Crippen MR) is 66.0 cm³/mol. The molecule has 2 fully saturated rings. The van der Waals surface area contributed by atoms with Crippen molar-refractivity contribution in [2.24, 2.45) is 0 Å². The Morgan fingerprint density at radius 1 is 1.33 bits per heavy atom. The maximum absolute atomic E-state index is 11.5. The molecule has 0 aromatic rings. The van der Waals surface area contributed by atoms with Gasteiger partial charge in [-0.25, -0.2) is 0 Å². The zero-order chi connectivity index (χ0) is 13.0. The molecular weight excluding hydrogens is 234 g/mol. The van der Waals surface area contributed by atoms with E-state index in [1.54, 1.807) is 0 Å². The Labute approximate surface area is 107 Å². The zero-order valence-electron chi connectivity index (χ0n) is 10.8. The average molecular weight is 255 g/mol. The SMILES string of the molecule is CC1(OCC(=O)NCCC(=O)NC2CC2)CNC1. The summed E-state index contributed by atoms with van der Waals surface area (Å²) in [5.74, 6) is -0.156. The van der Waals surface area contributed by atoms with Crippen molar-refractivity contribution in [1.29, 1.82) is 0 Å². The summed E-state index contributed by atoms with van der Waals surface area (Å²) < 4.78 is 5.48. The number of ether oxygens (including phenoxy) is 1. The molecule has 6 nitrogen and oxygen atoms in total. The van der Waals surface area contributed by atoms with Gasteiger partial charge in [0.1, 0.15) is 6.61 Å². The number of carbonyl (C=O) groups excluding carboxylic acids is 2. The van der Waals surface area contributed by atoms with E-state index < -0.39 is 0 Å². The van der Waals surface area contributed by atoms with Crippen LogP contribution in [0, 0.1) is 0 Å². The third-order valence-corrected chi connectivity index (χ3v) is 3.17. The van der Waals surface area contributed by atoms with Gasteiger partial charge in [-0.05, 0) is 19.8 Å². The minimum absolute atomic E-state index is 0.00822. The lowest BCUT2D eigenvalue weighted by Crippen LogP contribution is -2.59. The molecular formula is C12H21N3O3. The summed E-state index contributed by atoms with van der Waals surface area (Å²) in [4.78, 5) is 22.8. The molecule has 1 saturated carbocycles. The maximum Gasteiger partial charge on any atom is 0.246 e. The first-order valence-corrected chi connectivity index (χ1v) is 6.48. The molecule has 0 unspecified atom stereocenters. The van der Waals surface area contributed by atoms with E-state index in [0.29, 0.717) is 19.0 Å². The first-order valence-electron chi connectivity index (χ1n) is 6.48.